The maximum atomic E-state index is 12.6. The van der Waals surface area contributed by atoms with Gasteiger partial charge in [-0.05, 0) is 12.2 Å². The number of aromatic nitrogens is 1. The fourth-order valence-electron chi connectivity index (χ4n) is 2.15. The third kappa shape index (κ3) is 5.79. The lowest BCUT2D eigenvalue weighted by molar-refractivity contribution is -0.140. The first-order chi connectivity index (χ1) is 13.6. The van der Waals surface area contributed by atoms with Crippen molar-refractivity contribution in [2.45, 2.75) is 24.8 Å². The molecule has 160 valence electrons. The number of nitrogens with zero attached hydrogens (tertiary/aromatic N) is 3. The van der Waals surface area contributed by atoms with E-state index >= 15 is 0 Å². The predicted molar refractivity (Wildman–Crippen MR) is 117 cm³/mol. The number of nitrogen functional groups attached to an aromatic ring is 1. The number of nitrogens with two attached hydrogens (primary N) is 1. The molecular weight excluding hydrogens is 483 g/mol. The van der Waals surface area contributed by atoms with Crippen LogP contribution >= 0.6 is 47.1 Å². The van der Waals surface area contributed by atoms with Gasteiger partial charge in [-0.3, -0.25) is 14.1 Å². The van der Waals surface area contributed by atoms with Gasteiger partial charge in [-0.25, -0.2) is 4.98 Å². The number of thiocarbonyl (C=S) groups is 1. The Kier molecular flexibility index (Phi) is 8.24. The van der Waals surface area contributed by atoms with Gasteiger partial charge in [0.05, 0.1) is 0 Å². The number of hydrogen-bond donors (Lipinski definition) is 3. The first-order valence-electron chi connectivity index (χ1n) is 7.87. The van der Waals surface area contributed by atoms with Gasteiger partial charge in [-0.15, -0.1) is 23.1 Å². The van der Waals surface area contributed by atoms with Crippen molar-refractivity contribution in [1.82, 2.24) is 14.6 Å². The van der Waals surface area contributed by atoms with Crippen molar-refractivity contribution in [2.75, 3.05) is 18.6 Å². The molecule has 16 heteroatoms. The lowest BCUT2D eigenvalue weighted by Crippen LogP contribution is -2.71. The molecule has 0 unspecified atom stereocenters. The summed E-state index contributed by atoms with van der Waals surface area (Å²) < 4.78 is 33.1. The summed E-state index contributed by atoms with van der Waals surface area (Å²) in [5, 5.41) is 6.53. The molecule has 1 aliphatic heterocycles. The third-order valence-corrected chi connectivity index (χ3v) is 8.10. The van der Waals surface area contributed by atoms with Crippen LogP contribution in [0.3, 0.4) is 0 Å². The molecule has 29 heavy (non-hydrogen) atoms. The van der Waals surface area contributed by atoms with E-state index in [4.69, 9.17) is 18.0 Å². The van der Waals surface area contributed by atoms with Gasteiger partial charge < -0.3 is 15.9 Å². The molecule has 1 aromatic heterocycles. The Morgan fingerprint density at radius 2 is 2.28 bits per heavy atom. The van der Waals surface area contributed by atoms with E-state index in [-0.39, 0.29) is 20.8 Å². The van der Waals surface area contributed by atoms with Crippen LogP contribution in [0.1, 0.15) is 19.0 Å². The van der Waals surface area contributed by atoms with Crippen LogP contribution in [0.4, 0.5) is 5.13 Å². The molecule has 2 heterocycles. The van der Waals surface area contributed by atoms with Gasteiger partial charge in [0.25, 0.3) is 11.8 Å². The second-order valence-corrected chi connectivity index (χ2v) is 11.0. The molecule has 2 rings (SSSR count). The van der Waals surface area contributed by atoms with Crippen LogP contribution in [0.5, 0.6) is 0 Å². The normalized spacial score (nSPS) is 19.6. The van der Waals surface area contributed by atoms with Crippen molar-refractivity contribution in [1.29, 1.82) is 0 Å². The van der Waals surface area contributed by atoms with Gasteiger partial charge in [0.2, 0.25) is 0 Å². The van der Waals surface area contributed by atoms with Crippen LogP contribution in [0.2, 0.25) is 0 Å². The molecular formula is C13H17N5O6S5. The smallest absolute Gasteiger partial charge is 0.363 e. The van der Waals surface area contributed by atoms with Crippen molar-refractivity contribution < 1.29 is 27.4 Å². The van der Waals surface area contributed by atoms with Crippen LogP contribution in [0.25, 0.3) is 0 Å². The Bertz CT molecular complexity index is 932. The number of nitrogens with one attached hydrogen (secondary N) is 1. The molecule has 0 saturated carbocycles. The van der Waals surface area contributed by atoms with Crippen molar-refractivity contribution in [3.8, 4) is 0 Å². The predicted octanol–water partition coefficient (Wildman–Crippen LogP) is 0.693. The molecule has 11 nitrogen and oxygen atoms in total. The molecule has 1 aromatic rings. The summed E-state index contributed by atoms with van der Waals surface area (Å²) in [6.45, 7) is 1.95. The van der Waals surface area contributed by atoms with Gasteiger partial charge in [-0.2, -0.15) is 12.7 Å². The Balaban J connectivity index is 2.21. The topological polar surface area (TPSA) is 164 Å². The maximum absolute atomic E-state index is 12.6. The van der Waals surface area contributed by atoms with E-state index in [0.29, 0.717) is 9.28 Å². The summed E-state index contributed by atoms with van der Waals surface area (Å²) in [6.07, 6.45) is 0.838. The quantitative estimate of drug-likeness (QED) is 0.151. The molecule has 2 atom stereocenters. The first-order valence-corrected chi connectivity index (χ1v) is 12.4. The van der Waals surface area contributed by atoms with Gasteiger partial charge in [0.1, 0.15) is 27.7 Å². The van der Waals surface area contributed by atoms with Gasteiger partial charge in [-0.1, -0.05) is 36.1 Å². The third-order valence-electron chi connectivity index (χ3n) is 3.34. The minimum atomic E-state index is -4.82. The molecule has 0 radical (unpaired) electrons. The van der Waals surface area contributed by atoms with Gasteiger partial charge in [0.15, 0.2) is 10.8 Å². The highest BCUT2D eigenvalue weighted by molar-refractivity contribution is 8.47. The summed E-state index contributed by atoms with van der Waals surface area (Å²) >= 11 is 8.44. The van der Waals surface area contributed by atoms with E-state index in [1.165, 1.54) is 24.3 Å². The molecule has 0 spiro atoms. The Hall–Kier alpha value is -1.46. The Morgan fingerprint density at radius 1 is 1.59 bits per heavy atom. The van der Waals surface area contributed by atoms with Crippen molar-refractivity contribution >= 4 is 83.6 Å². The largest absolute Gasteiger partial charge is 0.398 e. The molecule has 1 fully saturated rings. The average Bonchev–Trinajstić information content (AvgIpc) is 3.06. The Labute approximate surface area is 184 Å². The van der Waals surface area contributed by atoms with Crippen molar-refractivity contribution in [3.05, 3.63) is 11.1 Å². The van der Waals surface area contributed by atoms with E-state index < -0.39 is 33.5 Å². The SMILES string of the molecule is CCCSC(=S)S[C@H]1[C@H](NC(=O)C(=NOC)c2csc(N)n2)C(=O)N1S(=O)(=O)O. The average molecular weight is 500 g/mol. The van der Waals surface area contributed by atoms with E-state index in [0.717, 1.165) is 29.5 Å². The van der Waals surface area contributed by atoms with Crippen LogP contribution in [0, 0.1) is 0 Å². The number of anilines is 1. The van der Waals surface area contributed by atoms with E-state index in [2.05, 4.69) is 20.3 Å². The summed E-state index contributed by atoms with van der Waals surface area (Å²) in [5.41, 5.74) is 5.44. The zero-order valence-electron chi connectivity index (χ0n) is 15.1. The molecule has 1 aliphatic rings. The zero-order chi connectivity index (χ0) is 21.8. The van der Waals surface area contributed by atoms with E-state index in [1.807, 2.05) is 6.92 Å². The lowest BCUT2D eigenvalue weighted by Gasteiger charge is -2.43. The molecule has 1 saturated heterocycles. The van der Waals surface area contributed by atoms with Crippen molar-refractivity contribution in [2.24, 2.45) is 5.16 Å². The monoisotopic (exact) mass is 499 g/mol. The number of hydrogen-bond acceptors (Lipinski definition) is 12. The van der Waals surface area contributed by atoms with E-state index in [9.17, 15) is 22.6 Å². The number of thiazole rings is 1. The molecule has 2 amide bonds. The van der Waals surface area contributed by atoms with Crippen LogP contribution in [-0.2, 0) is 24.7 Å². The van der Waals surface area contributed by atoms with Gasteiger partial charge in [0, 0.05) is 5.38 Å². The highest BCUT2D eigenvalue weighted by atomic mass is 32.2. The number of β-lactam (4-membered cyclic amide) rings is 1. The fourth-order valence-corrected chi connectivity index (χ4v) is 6.33. The molecule has 0 aromatic carbocycles. The molecule has 0 bridgehead atoms. The number of amides is 2. The summed E-state index contributed by atoms with van der Waals surface area (Å²) in [5.74, 6) is -1.13. The lowest BCUT2D eigenvalue weighted by atomic mass is 10.1. The highest BCUT2D eigenvalue weighted by Crippen LogP contribution is 2.36. The first kappa shape index (κ1) is 23.8. The van der Waals surface area contributed by atoms with Gasteiger partial charge >= 0.3 is 10.3 Å². The summed E-state index contributed by atoms with van der Waals surface area (Å²) in [7, 11) is -3.60. The zero-order valence-corrected chi connectivity index (χ0v) is 19.2. The number of rotatable bonds is 8. The molecule has 0 aliphatic carbocycles. The maximum Gasteiger partial charge on any atom is 0.363 e. The molecule has 4 N–H and O–H groups in total. The highest BCUT2D eigenvalue weighted by Gasteiger charge is 2.55. The summed E-state index contributed by atoms with van der Waals surface area (Å²) in [6, 6.07) is -1.26. The standard InChI is InChI=1S/C13H17N5O6S5/c1-3-4-26-13(25)28-11-8(10(20)18(11)29(21,22)23)16-9(19)7(17-24-2)6-5-27-12(14)15-6/h5,8,11H,3-4H2,1-2H3,(H2,14,15)(H,16,19)(H,21,22,23)/t8-,11+/m1/s1. The Morgan fingerprint density at radius 3 is 2.79 bits per heavy atom. The van der Waals surface area contributed by atoms with Crippen LogP contribution in [0.15, 0.2) is 10.5 Å². The fraction of sp³-hybridized carbons (Fsp3) is 0.462. The van der Waals surface area contributed by atoms with Crippen LogP contribution < -0.4 is 11.1 Å². The minimum absolute atomic E-state index is 0.128. The minimum Gasteiger partial charge on any atom is -0.398 e. The van der Waals surface area contributed by atoms with E-state index in [1.54, 1.807) is 0 Å². The number of thioether (sulfide) groups is 2. The summed E-state index contributed by atoms with van der Waals surface area (Å²) in [4.78, 5) is 33.5. The number of carbonyl (C=O) groups excluding carboxylic acids is 2. The number of oxime groups is 1. The second kappa shape index (κ2) is 10.0. The van der Waals surface area contributed by atoms with Crippen molar-refractivity contribution in [3.63, 3.8) is 0 Å². The second-order valence-electron chi connectivity index (χ2n) is 5.36. The van der Waals surface area contributed by atoms with Crippen LogP contribution in [-0.4, -0.2) is 67.6 Å². The number of carbonyl (C=O) groups is 2.